The molecule has 13 heavy (non-hydrogen) atoms. The molecule has 0 atom stereocenters. The fourth-order valence-corrected chi connectivity index (χ4v) is 0.968. The van der Waals surface area contributed by atoms with Gasteiger partial charge in [-0.25, -0.2) is 0 Å². The van der Waals surface area contributed by atoms with Crippen molar-refractivity contribution < 1.29 is 0 Å². The average Bonchev–Trinajstić information content (AvgIpc) is 2.02. The number of hydrogen-bond donors (Lipinski definition) is 2. The molecule has 0 aliphatic heterocycles. The zero-order chi connectivity index (χ0) is 9.90. The minimum atomic E-state index is 0.307. The van der Waals surface area contributed by atoms with E-state index >= 15 is 0 Å². The fraction of sp³-hybridized carbons (Fsp3) is 0.455. The van der Waals surface area contributed by atoms with Crippen LogP contribution in [0.15, 0.2) is 24.3 Å². The summed E-state index contributed by atoms with van der Waals surface area (Å²) in [6.45, 7) is 7.59. The zero-order valence-corrected chi connectivity index (χ0v) is 8.59. The Bertz CT molecular complexity index is 256. The van der Waals surface area contributed by atoms with Crippen molar-refractivity contribution in [1.29, 1.82) is 0 Å². The summed E-state index contributed by atoms with van der Waals surface area (Å²) in [5, 5.41) is 3.36. The summed E-state index contributed by atoms with van der Waals surface area (Å²) < 4.78 is 0. The maximum atomic E-state index is 5.58. The molecule has 1 aromatic rings. The minimum Gasteiger partial charge on any atom is -0.399 e. The smallest absolute Gasteiger partial charge is 0.0341 e. The lowest BCUT2D eigenvalue weighted by Gasteiger charge is -2.19. The molecular formula is C11H18N2. The van der Waals surface area contributed by atoms with Crippen LogP contribution in [0.2, 0.25) is 0 Å². The van der Waals surface area contributed by atoms with E-state index in [1.54, 1.807) is 0 Å². The van der Waals surface area contributed by atoms with Gasteiger partial charge in [0.25, 0.3) is 0 Å². The van der Waals surface area contributed by atoms with Crippen LogP contribution < -0.4 is 11.1 Å². The van der Waals surface area contributed by atoms with Gasteiger partial charge in [0.1, 0.15) is 0 Å². The maximum absolute atomic E-state index is 5.58. The van der Waals surface area contributed by atoms with Gasteiger partial charge in [-0.15, -0.1) is 0 Å². The van der Waals surface area contributed by atoms with Crippen LogP contribution in [0.25, 0.3) is 0 Å². The zero-order valence-electron chi connectivity index (χ0n) is 8.59. The summed E-state index contributed by atoms with van der Waals surface area (Å²) in [4.78, 5) is 0. The van der Waals surface area contributed by atoms with Gasteiger partial charge in [-0.3, -0.25) is 0 Å². The molecule has 3 N–H and O–H groups in total. The summed E-state index contributed by atoms with van der Waals surface area (Å²) >= 11 is 0. The number of hydrogen-bond acceptors (Lipinski definition) is 2. The molecule has 0 spiro atoms. The summed E-state index contributed by atoms with van der Waals surface area (Å²) in [6, 6.07) is 7.82. The predicted molar refractivity (Wildman–Crippen MR) is 58.8 cm³/mol. The van der Waals surface area contributed by atoms with Gasteiger partial charge in [-0.05, 0) is 29.7 Å². The molecule has 2 nitrogen and oxygen atoms in total. The molecule has 1 aromatic carbocycles. The number of benzene rings is 1. The lowest BCUT2D eigenvalue weighted by Crippen LogP contribution is -2.18. The highest BCUT2D eigenvalue weighted by atomic mass is 14.9. The van der Waals surface area contributed by atoms with E-state index < -0.39 is 0 Å². The van der Waals surface area contributed by atoms with Crippen molar-refractivity contribution in [1.82, 2.24) is 0 Å². The third-order valence-electron chi connectivity index (χ3n) is 1.73. The van der Waals surface area contributed by atoms with Crippen LogP contribution in [0.4, 0.5) is 11.4 Å². The molecule has 1 rings (SSSR count). The minimum absolute atomic E-state index is 0.307. The Morgan fingerprint density at radius 3 is 2.15 bits per heavy atom. The van der Waals surface area contributed by atoms with E-state index in [2.05, 4.69) is 26.1 Å². The van der Waals surface area contributed by atoms with Gasteiger partial charge in [-0.2, -0.15) is 0 Å². The molecule has 0 fully saturated rings. The first-order chi connectivity index (χ1) is 5.97. The Morgan fingerprint density at radius 1 is 1.15 bits per heavy atom. The van der Waals surface area contributed by atoms with E-state index in [0.29, 0.717) is 5.41 Å². The average molecular weight is 178 g/mol. The quantitative estimate of drug-likeness (QED) is 0.683. The van der Waals surface area contributed by atoms with Gasteiger partial charge in [0, 0.05) is 17.9 Å². The molecule has 0 saturated heterocycles. The van der Waals surface area contributed by atoms with Crippen molar-refractivity contribution in [3.05, 3.63) is 24.3 Å². The highest BCUT2D eigenvalue weighted by Gasteiger charge is 2.08. The summed E-state index contributed by atoms with van der Waals surface area (Å²) in [5.74, 6) is 0. The second kappa shape index (κ2) is 3.69. The highest BCUT2D eigenvalue weighted by Crippen LogP contribution is 2.16. The van der Waals surface area contributed by atoms with Crippen molar-refractivity contribution in [2.24, 2.45) is 5.41 Å². The fourth-order valence-electron chi connectivity index (χ4n) is 0.968. The Balaban J connectivity index is 2.51. The second-order valence-corrected chi connectivity index (χ2v) is 4.54. The van der Waals surface area contributed by atoms with Gasteiger partial charge in [0.2, 0.25) is 0 Å². The van der Waals surface area contributed by atoms with Crippen LogP contribution in [0.1, 0.15) is 20.8 Å². The monoisotopic (exact) mass is 178 g/mol. The highest BCUT2D eigenvalue weighted by molar-refractivity contribution is 5.51. The molecule has 0 aliphatic rings. The van der Waals surface area contributed by atoms with E-state index in [1.807, 2.05) is 24.3 Å². The number of rotatable bonds is 2. The molecule has 0 saturated carbocycles. The van der Waals surface area contributed by atoms with Gasteiger partial charge in [0.15, 0.2) is 0 Å². The standard InChI is InChI=1S/C11H18N2/c1-11(2,3)8-13-10-6-4-9(12)5-7-10/h4-7,13H,8,12H2,1-3H3. The van der Waals surface area contributed by atoms with Gasteiger partial charge in [0.05, 0.1) is 0 Å². The first kappa shape index (κ1) is 9.90. The van der Waals surface area contributed by atoms with Crippen molar-refractivity contribution in [3.8, 4) is 0 Å². The third-order valence-corrected chi connectivity index (χ3v) is 1.73. The normalized spacial score (nSPS) is 11.3. The van der Waals surface area contributed by atoms with E-state index in [1.165, 1.54) is 0 Å². The van der Waals surface area contributed by atoms with Crippen molar-refractivity contribution in [3.63, 3.8) is 0 Å². The lowest BCUT2D eigenvalue weighted by molar-refractivity contribution is 0.443. The van der Waals surface area contributed by atoms with Crippen molar-refractivity contribution in [2.75, 3.05) is 17.6 Å². The molecule has 0 heterocycles. The summed E-state index contributed by atoms with van der Waals surface area (Å²) in [7, 11) is 0. The van der Waals surface area contributed by atoms with Gasteiger partial charge < -0.3 is 11.1 Å². The Hall–Kier alpha value is -1.18. The van der Waals surface area contributed by atoms with Crippen LogP contribution in [0.3, 0.4) is 0 Å². The topological polar surface area (TPSA) is 38.0 Å². The molecule has 0 aromatic heterocycles. The molecule has 0 unspecified atom stereocenters. The largest absolute Gasteiger partial charge is 0.399 e. The molecule has 0 aliphatic carbocycles. The van der Waals surface area contributed by atoms with Gasteiger partial charge in [-0.1, -0.05) is 20.8 Å². The van der Waals surface area contributed by atoms with Crippen LogP contribution in [0, 0.1) is 5.41 Å². The Morgan fingerprint density at radius 2 is 1.69 bits per heavy atom. The predicted octanol–water partition coefficient (Wildman–Crippen LogP) is 2.73. The van der Waals surface area contributed by atoms with Crippen molar-refractivity contribution >= 4 is 11.4 Å². The summed E-state index contributed by atoms with van der Waals surface area (Å²) in [6.07, 6.45) is 0. The second-order valence-electron chi connectivity index (χ2n) is 4.54. The van der Waals surface area contributed by atoms with Gasteiger partial charge >= 0.3 is 0 Å². The Kier molecular flexibility index (Phi) is 2.81. The number of anilines is 2. The van der Waals surface area contributed by atoms with Crippen LogP contribution in [-0.4, -0.2) is 6.54 Å². The molecule has 0 bridgehead atoms. The molecular weight excluding hydrogens is 160 g/mol. The van der Waals surface area contributed by atoms with E-state index in [0.717, 1.165) is 17.9 Å². The molecule has 2 heteroatoms. The first-order valence-corrected chi connectivity index (χ1v) is 4.57. The number of nitrogens with one attached hydrogen (secondary N) is 1. The number of nitrogen functional groups attached to an aromatic ring is 1. The number of nitrogens with two attached hydrogens (primary N) is 1. The van der Waals surface area contributed by atoms with E-state index in [-0.39, 0.29) is 0 Å². The van der Waals surface area contributed by atoms with Crippen molar-refractivity contribution in [2.45, 2.75) is 20.8 Å². The van der Waals surface area contributed by atoms with E-state index in [9.17, 15) is 0 Å². The SMILES string of the molecule is CC(C)(C)CNc1ccc(N)cc1. The van der Waals surface area contributed by atoms with Crippen LogP contribution in [0.5, 0.6) is 0 Å². The lowest BCUT2D eigenvalue weighted by atomic mass is 9.97. The summed E-state index contributed by atoms with van der Waals surface area (Å²) in [5.41, 5.74) is 7.82. The van der Waals surface area contributed by atoms with Crippen LogP contribution >= 0.6 is 0 Å². The first-order valence-electron chi connectivity index (χ1n) is 4.57. The molecule has 72 valence electrons. The molecule has 0 radical (unpaired) electrons. The van der Waals surface area contributed by atoms with Crippen LogP contribution in [-0.2, 0) is 0 Å². The third kappa shape index (κ3) is 3.83. The molecule has 0 amide bonds. The maximum Gasteiger partial charge on any atom is 0.0341 e. The Labute approximate surface area is 80.1 Å². The van der Waals surface area contributed by atoms with E-state index in [4.69, 9.17) is 5.73 Å².